The lowest BCUT2D eigenvalue weighted by molar-refractivity contribution is 0.432. The maximum Gasteiger partial charge on any atom is 0.348 e. The SMILES string of the molecule is C/C(=N\c1nn[nH]n1)c1c(O)cc(C)oc1=O. The van der Waals surface area contributed by atoms with Crippen LogP contribution in [0, 0.1) is 6.92 Å². The molecule has 0 aliphatic rings. The predicted octanol–water partition coefficient (Wildman–Crippen LogP) is 0.308. The van der Waals surface area contributed by atoms with Gasteiger partial charge in [-0.15, -0.1) is 5.10 Å². The number of hydrogen-bond acceptors (Lipinski definition) is 7. The van der Waals surface area contributed by atoms with Gasteiger partial charge in [0.2, 0.25) is 0 Å². The van der Waals surface area contributed by atoms with E-state index >= 15 is 0 Å². The number of nitrogens with zero attached hydrogens (tertiary/aromatic N) is 4. The highest BCUT2D eigenvalue weighted by atomic mass is 16.4. The van der Waals surface area contributed by atoms with Crippen LogP contribution in [0.3, 0.4) is 0 Å². The highest BCUT2D eigenvalue weighted by Crippen LogP contribution is 2.16. The first-order valence-corrected chi connectivity index (χ1v) is 4.70. The van der Waals surface area contributed by atoms with Crippen LogP contribution in [-0.2, 0) is 0 Å². The van der Waals surface area contributed by atoms with E-state index in [0.717, 1.165) is 0 Å². The van der Waals surface area contributed by atoms with Crippen molar-refractivity contribution in [2.75, 3.05) is 0 Å². The zero-order chi connectivity index (χ0) is 12.4. The minimum Gasteiger partial charge on any atom is -0.507 e. The van der Waals surface area contributed by atoms with Gasteiger partial charge in [0.25, 0.3) is 5.95 Å². The monoisotopic (exact) mass is 235 g/mol. The van der Waals surface area contributed by atoms with E-state index < -0.39 is 5.63 Å². The Morgan fingerprint density at radius 2 is 2.35 bits per heavy atom. The number of H-pyrrole nitrogens is 1. The van der Waals surface area contributed by atoms with Crippen molar-refractivity contribution in [1.29, 1.82) is 0 Å². The lowest BCUT2D eigenvalue weighted by Gasteiger charge is -2.01. The van der Waals surface area contributed by atoms with E-state index in [0.29, 0.717) is 5.76 Å². The molecule has 0 fully saturated rings. The smallest absolute Gasteiger partial charge is 0.348 e. The maximum absolute atomic E-state index is 11.6. The van der Waals surface area contributed by atoms with Gasteiger partial charge in [-0.3, -0.25) is 0 Å². The Balaban J connectivity index is 2.51. The lowest BCUT2D eigenvalue weighted by Crippen LogP contribution is -2.13. The van der Waals surface area contributed by atoms with Crippen molar-refractivity contribution in [3.8, 4) is 5.75 Å². The number of nitrogens with one attached hydrogen (secondary N) is 1. The third-order valence-corrected chi connectivity index (χ3v) is 2.02. The van der Waals surface area contributed by atoms with Gasteiger partial charge in [0.1, 0.15) is 17.1 Å². The van der Waals surface area contributed by atoms with Crippen molar-refractivity contribution in [2.24, 2.45) is 4.99 Å². The zero-order valence-electron chi connectivity index (χ0n) is 9.13. The summed E-state index contributed by atoms with van der Waals surface area (Å²) in [6.45, 7) is 3.11. The highest BCUT2D eigenvalue weighted by Gasteiger charge is 2.13. The Kier molecular flexibility index (Phi) is 2.69. The van der Waals surface area contributed by atoms with E-state index in [2.05, 4.69) is 25.6 Å². The molecule has 17 heavy (non-hydrogen) atoms. The highest BCUT2D eigenvalue weighted by molar-refractivity contribution is 6.01. The van der Waals surface area contributed by atoms with E-state index in [9.17, 15) is 9.90 Å². The van der Waals surface area contributed by atoms with Crippen LogP contribution in [0.15, 0.2) is 20.3 Å². The van der Waals surface area contributed by atoms with Crippen molar-refractivity contribution >= 4 is 11.7 Å². The second-order valence-electron chi connectivity index (χ2n) is 3.31. The average molecular weight is 235 g/mol. The van der Waals surface area contributed by atoms with Crippen LogP contribution in [0.1, 0.15) is 18.2 Å². The Bertz CT molecular complexity index is 614. The molecule has 0 saturated heterocycles. The number of aromatic nitrogens is 4. The molecule has 0 aliphatic carbocycles. The summed E-state index contributed by atoms with van der Waals surface area (Å²) in [7, 11) is 0. The van der Waals surface area contributed by atoms with Gasteiger partial charge < -0.3 is 9.52 Å². The van der Waals surface area contributed by atoms with Crippen LogP contribution >= 0.6 is 0 Å². The van der Waals surface area contributed by atoms with Crippen molar-refractivity contribution in [3.05, 3.63) is 27.8 Å². The molecule has 2 heterocycles. The second kappa shape index (κ2) is 4.16. The van der Waals surface area contributed by atoms with Gasteiger partial charge >= 0.3 is 5.63 Å². The van der Waals surface area contributed by atoms with Crippen LogP contribution in [0.25, 0.3) is 0 Å². The van der Waals surface area contributed by atoms with E-state index in [1.54, 1.807) is 6.92 Å². The molecule has 2 rings (SSSR count). The van der Waals surface area contributed by atoms with Crippen LogP contribution in [0.5, 0.6) is 5.75 Å². The first-order valence-electron chi connectivity index (χ1n) is 4.70. The fourth-order valence-electron chi connectivity index (χ4n) is 1.34. The van der Waals surface area contributed by atoms with Crippen LogP contribution in [0.4, 0.5) is 5.95 Å². The maximum atomic E-state index is 11.6. The molecule has 8 nitrogen and oxygen atoms in total. The molecule has 0 aliphatic heterocycles. The summed E-state index contributed by atoms with van der Waals surface area (Å²) >= 11 is 0. The summed E-state index contributed by atoms with van der Waals surface area (Å²) in [6, 6.07) is 1.34. The molecule has 0 radical (unpaired) electrons. The molecule has 0 saturated carbocycles. The van der Waals surface area contributed by atoms with E-state index in [1.165, 1.54) is 13.0 Å². The molecule has 0 spiro atoms. The zero-order valence-corrected chi connectivity index (χ0v) is 9.13. The van der Waals surface area contributed by atoms with Crippen molar-refractivity contribution in [1.82, 2.24) is 20.6 Å². The minimum absolute atomic E-state index is 0.0135. The summed E-state index contributed by atoms with van der Waals surface area (Å²) in [5.74, 6) is 0.203. The Morgan fingerprint density at radius 3 is 2.94 bits per heavy atom. The molecule has 2 aromatic rings. The van der Waals surface area contributed by atoms with E-state index in [-0.39, 0.29) is 23.0 Å². The summed E-state index contributed by atoms with van der Waals surface area (Å²) < 4.78 is 4.87. The molecule has 0 bridgehead atoms. The van der Waals surface area contributed by atoms with Gasteiger partial charge in [-0.05, 0) is 19.1 Å². The van der Waals surface area contributed by atoms with Crippen molar-refractivity contribution in [2.45, 2.75) is 13.8 Å². The summed E-state index contributed by atoms with van der Waals surface area (Å²) in [4.78, 5) is 15.5. The van der Waals surface area contributed by atoms with Crippen LogP contribution < -0.4 is 5.63 Å². The molecule has 0 unspecified atom stereocenters. The molecular weight excluding hydrogens is 226 g/mol. The van der Waals surface area contributed by atoms with Gasteiger partial charge in [0, 0.05) is 6.07 Å². The second-order valence-corrected chi connectivity index (χ2v) is 3.31. The van der Waals surface area contributed by atoms with Crippen LogP contribution in [0.2, 0.25) is 0 Å². The normalized spacial score (nSPS) is 11.8. The fourth-order valence-corrected chi connectivity index (χ4v) is 1.34. The third kappa shape index (κ3) is 2.19. The largest absolute Gasteiger partial charge is 0.507 e. The Labute approximate surface area is 95.0 Å². The Morgan fingerprint density at radius 1 is 1.59 bits per heavy atom. The van der Waals surface area contributed by atoms with E-state index in [4.69, 9.17) is 4.42 Å². The summed E-state index contributed by atoms with van der Waals surface area (Å²) in [6.07, 6.45) is 0. The average Bonchev–Trinajstić information content (AvgIpc) is 2.68. The van der Waals surface area contributed by atoms with Gasteiger partial charge in [0.05, 0.1) is 5.71 Å². The van der Waals surface area contributed by atoms with Crippen LogP contribution in [-0.4, -0.2) is 31.4 Å². The number of rotatable bonds is 2. The van der Waals surface area contributed by atoms with Crippen molar-refractivity contribution in [3.63, 3.8) is 0 Å². The summed E-state index contributed by atoms with van der Waals surface area (Å²) in [5.41, 5.74) is -0.426. The topological polar surface area (TPSA) is 117 Å². The summed E-state index contributed by atoms with van der Waals surface area (Å²) in [5, 5.41) is 22.4. The standard InChI is InChI=1S/C9H9N5O3/c1-4-3-6(15)7(8(16)17-4)5(2)10-9-11-13-14-12-9/h3,15H,1-2H3,(H,11,12,13,14)/b10-5+. The fraction of sp³-hybridized carbons (Fsp3) is 0.222. The first-order chi connectivity index (χ1) is 8.08. The van der Waals surface area contributed by atoms with Gasteiger partial charge in [-0.2, -0.15) is 5.21 Å². The van der Waals surface area contributed by atoms with Gasteiger partial charge in [-0.25, -0.2) is 9.79 Å². The molecule has 8 heteroatoms. The molecule has 0 aromatic carbocycles. The number of aliphatic imine (C=N–C) groups is 1. The lowest BCUT2D eigenvalue weighted by atomic mass is 10.2. The number of aromatic amines is 1. The number of tetrazole rings is 1. The quantitative estimate of drug-likeness (QED) is 0.723. The molecular formula is C9H9N5O3. The molecule has 0 amide bonds. The first kappa shape index (κ1) is 11.0. The minimum atomic E-state index is -0.660. The number of aryl methyl sites for hydroxylation is 1. The number of hydrogen-bond donors (Lipinski definition) is 2. The molecule has 0 atom stereocenters. The van der Waals surface area contributed by atoms with Gasteiger partial charge in [0.15, 0.2) is 0 Å². The van der Waals surface area contributed by atoms with E-state index in [1.807, 2.05) is 0 Å². The van der Waals surface area contributed by atoms with Gasteiger partial charge in [-0.1, -0.05) is 5.10 Å². The molecule has 88 valence electrons. The predicted molar refractivity (Wildman–Crippen MR) is 57.4 cm³/mol. The van der Waals surface area contributed by atoms with Crippen molar-refractivity contribution < 1.29 is 9.52 Å². The molecule has 2 aromatic heterocycles. The number of aromatic hydroxyl groups is 1. The molecule has 2 N–H and O–H groups in total. The Hall–Kier alpha value is -2.51. The third-order valence-electron chi connectivity index (χ3n) is 2.02.